The quantitative estimate of drug-likeness (QED) is 0.231. The Labute approximate surface area is 193 Å². The van der Waals surface area contributed by atoms with Crippen LogP contribution >= 0.6 is 7.82 Å². The van der Waals surface area contributed by atoms with Crippen molar-refractivity contribution < 1.29 is 39.0 Å². The molecule has 0 bridgehead atoms. The summed E-state index contributed by atoms with van der Waals surface area (Å²) in [6.07, 6.45) is 0. The Bertz CT molecular complexity index is 1020. The van der Waals surface area contributed by atoms with E-state index in [1.54, 1.807) is 60.7 Å². The van der Waals surface area contributed by atoms with Crippen LogP contribution in [0.25, 0.3) is 0 Å². The number of phenolic OH excluding ortho intramolecular Hbond substituents is 2. The van der Waals surface area contributed by atoms with Crippen LogP contribution in [0, 0.1) is 0 Å². The molecule has 1 heterocycles. The molecule has 1 aliphatic heterocycles. The topological polar surface area (TPSA) is 145 Å². The van der Waals surface area contributed by atoms with Crippen LogP contribution in [0.3, 0.4) is 0 Å². The van der Waals surface area contributed by atoms with Crippen LogP contribution in [0.4, 0.5) is 0 Å². The van der Waals surface area contributed by atoms with Crippen LogP contribution in [-0.4, -0.2) is 60.4 Å². The summed E-state index contributed by atoms with van der Waals surface area (Å²) in [5, 5.41) is 19.2. The first-order valence-corrected chi connectivity index (χ1v) is 9.88. The van der Waals surface area contributed by atoms with Gasteiger partial charge in [0.2, 0.25) is 0 Å². The van der Waals surface area contributed by atoms with Crippen LogP contribution in [0.1, 0.15) is 27.0 Å². The third-order valence-corrected chi connectivity index (χ3v) is 4.32. The molecule has 3 aromatic carbocycles. The molecule has 0 aromatic heterocycles. The molecule has 0 saturated carbocycles. The van der Waals surface area contributed by atoms with Gasteiger partial charge in [0.05, 0.1) is 5.56 Å². The summed E-state index contributed by atoms with van der Waals surface area (Å²) in [5.41, 5.74) is 1.60. The van der Waals surface area contributed by atoms with Crippen molar-refractivity contribution in [1.29, 1.82) is 0 Å². The zero-order chi connectivity index (χ0) is 21.2. The van der Waals surface area contributed by atoms with Gasteiger partial charge in [0.25, 0.3) is 0 Å². The number of hydrogen-bond acceptors (Lipinski definition) is 5. The molecule has 152 valence electrons. The maximum atomic E-state index is 12.4. The van der Waals surface area contributed by atoms with E-state index in [0.29, 0.717) is 5.56 Å². The number of benzene rings is 3. The van der Waals surface area contributed by atoms with E-state index in [2.05, 4.69) is 0 Å². The molecule has 0 amide bonds. The molecule has 3 aromatic rings. The summed E-state index contributed by atoms with van der Waals surface area (Å²) in [5.74, 6) is -0.124. The van der Waals surface area contributed by atoms with E-state index in [1.165, 1.54) is 0 Å². The Morgan fingerprint density at radius 1 is 0.733 bits per heavy atom. The second-order valence-electron chi connectivity index (χ2n) is 6.22. The van der Waals surface area contributed by atoms with E-state index < -0.39 is 19.4 Å². The average molecular weight is 440 g/mol. The van der Waals surface area contributed by atoms with Crippen molar-refractivity contribution in [2.24, 2.45) is 0 Å². The third kappa shape index (κ3) is 5.11. The molecule has 10 heteroatoms. The molecular weight excluding hydrogens is 422 g/mol. The predicted octanol–water partition coefficient (Wildman–Crippen LogP) is 1.98. The Morgan fingerprint density at radius 3 is 1.57 bits per heavy atom. The summed E-state index contributed by atoms with van der Waals surface area (Å²) in [4.78, 5) is 34.0. The van der Waals surface area contributed by atoms with Crippen molar-refractivity contribution in [2.75, 3.05) is 0 Å². The molecule has 0 radical (unpaired) electrons. The van der Waals surface area contributed by atoms with Gasteiger partial charge >= 0.3 is 43.3 Å². The van der Waals surface area contributed by atoms with Crippen LogP contribution < -0.4 is 0 Å². The van der Waals surface area contributed by atoms with Gasteiger partial charge in [0.15, 0.2) is 5.60 Å². The molecule has 4 rings (SSSR count). The van der Waals surface area contributed by atoms with Crippen molar-refractivity contribution >= 4 is 43.3 Å². The Hall–Kier alpha value is -2.16. The summed E-state index contributed by atoms with van der Waals surface area (Å²) >= 11 is 0. The number of cyclic esters (lactones) is 1. The first kappa shape index (κ1) is 24.1. The Kier molecular flexibility index (Phi) is 7.49. The van der Waals surface area contributed by atoms with E-state index >= 15 is 0 Å². The van der Waals surface area contributed by atoms with Gasteiger partial charge in [-0.1, -0.05) is 42.5 Å². The van der Waals surface area contributed by atoms with E-state index in [-0.39, 0.29) is 41.1 Å². The van der Waals surface area contributed by atoms with Gasteiger partial charge in [-0.05, 0) is 30.3 Å². The third-order valence-electron chi connectivity index (χ3n) is 4.32. The number of carbonyl (C=O) groups is 1. The molecule has 0 spiro atoms. The zero-order valence-electron chi connectivity index (χ0n) is 14.8. The van der Waals surface area contributed by atoms with Gasteiger partial charge < -0.3 is 29.6 Å². The van der Waals surface area contributed by atoms with Gasteiger partial charge in [-0.25, -0.2) is 9.36 Å². The molecule has 5 N–H and O–H groups in total. The van der Waals surface area contributed by atoms with E-state index in [4.69, 9.17) is 24.0 Å². The molecule has 1 aliphatic rings. The van der Waals surface area contributed by atoms with Crippen LogP contribution in [0.2, 0.25) is 0 Å². The van der Waals surface area contributed by atoms with Gasteiger partial charge in [-0.2, -0.15) is 0 Å². The number of aromatic hydroxyl groups is 2. The Morgan fingerprint density at radius 2 is 1.13 bits per heavy atom. The van der Waals surface area contributed by atoms with Crippen LogP contribution in [-0.2, 0) is 14.9 Å². The fourth-order valence-corrected chi connectivity index (χ4v) is 3.20. The van der Waals surface area contributed by atoms with Crippen molar-refractivity contribution in [3.05, 3.63) is 95.1 Å². The number of fused-ring (bicyclic) bond motifs is 1. The SMILES string of the molecule is O=C1OC(c2ccc(O)cc2)(c2ccc(O)cc2)c2ccccc21.O=P(O)(O)O.[NaH]. The monoisotopic (exact) mass is 440 g/mol. The zero-order valence-corrected chi connectivity index (χ0v) is 15.7. The number of phosphoric acid groups is 1. The molecule has 0 unspecified atom stereocenters. The van der Waals surface area contributed by atoms with E-state index in [9.17, 15) is 15.0 Å². The summed E-state index contributed by atoms with van der Waals surface area (Å²) in [6.45, 7) is 0. The molecule has 0 aliphatic carbocycles. The number of carbonyl (C=O) groups excluding carboxylic acids is 1. The van der Waals surface area contributed by atoms with Crippen LogP contribution in [0.15, 0.2) is 72.8 Å². The second kappa shape index (κ2) is 9.32. The van der Waals surface area contributed by atoms with Gasteiger partial charge in [-0.3, -0.25) is 0 Å². The summed E-state index contributed by atoms with van der Waals surface area (Å²) in [6, 6.07) is 20.4. The molecule has 30 heavy (non-hydrogen) atoms. The normalized spacial score (nSPS) is 13.9. The fourth-order valence-electron chi connectivity index (χ4n) is 3.20. The van der Waals surface area contributed by atoms with E-state index in [1.807, 2.05) is 12.1 Å². The molecule has 0 fully saturated rings. The fraction of sp³-hybridized carbons (Fsp3) is 0.0500. The summed E-state index contributed by atoms with van der Waals surface area (Å²) < 4.78 is 14.8. The number of esters is 1. The number of phenols is 2. The number of hydrogen-bond donors (Lipinski definition) is 5. The molecular formula is C20H18NaO8P. The maximum absolute atomic E-state index is 12.4. The number of ether oxygens (including phenoxy) is 1. The first-order valence-electron chi connectivity index (χ1n) is 8.31. The van der Waals surface area contributed by atoms with Gasteiger partial charge in [-0.15, -0.1) is 0 Å². The first-order chi connectivity index (χ1) is 13.6. The molecule has 0 saturated heterocycles. The predicted molar refractivity (Wildman–Crippen MR) is 109 cm³/mol. The number of rotatable bonds is 2. The second-order valence-corrected chi connectivity index (χ2v) is 7.25. The molecule has 0 atom stereocenters. The van der Waals surface area contributed by atoms with Crippen molar-refractivity contribution in [1.82, 2.24) is 0 Å². The van der Waals surface area contributed by atoms with Gasteiger partial charge in [0.1, 0.15) is 11.5 Å². The minimum absolute atomic E-state index is 0. The van der Waals surface area contributed by atoms with Crippen LogP contribution in [0.5, 0.6) is 11.5 Å². The summed E-state index contributed by atoms with van der Waals surface area (Å²) in [7, 11) is -4.64. The standard InChI is InChI=1S/C20H14O4.Na.H3O4P.H/c21-15-9-5-13(6-10-15)20(14-7-11-16(22)12-8-14)18-4-2-1-3-17(18)19(23)24-20;;1-5(2,3)4;/h1-12,21-22H;;(H3,1,2,3,4);. The molecule has 8 nitrogen and oxygen atoms in total. The van der Waals surface area contributed by atoms with Crippen molar-refractivity contribution in [3.63, 3.8) is 0 Å². The Balaban J connectivity index is 0.000000482. The van der Waals surface area contributed by atoms with E-state index in [0.717, 1.165) is 16.7 Å². The average Bonchev–Trinajstić information content (AvgIpc) is 2.96. The van der Waals surface area contributed by atoms with Crippen molar-refractivity contribution in [3.8, 4) is 11.5 Å². The van der Waals surface area contributed by atoms with Crippen molar-refractivity contribution in [2.45, 2.75) is 5.60 Å². The van der Waals surface area contributed by atoms with Gasteiger partial charge in [0, 0.05) is 16.7 Å². The minimum atomic E-state index is -4.64.